The second-order valence-corrected chi connectivity index (χ2v) is 16.8. The molecule has 0 aromatic carbocycles. The SMILES string of the molecule is CC/C=C/C/C=C/C/C=C/C/C=C/CCCCCC(=O)OC(CCC/C=C\CCCCCCCC)CC(=O)NC(CO)C(O)CCCCCCCCCCCCCCC. The molecule has 0 spiro atoms. The fourth-order valence-electron chi connectivity index (χ4n) is 7.30. The molecule has 0 bridgehead atoms. The lowest BCUT2D eigenvalue weighted by molar-refractivity contribution is -0.151. The van der Waals surface area contributed by atoms with Crippen molar-refractivity contribution < 1.29 is 24.5 Å². The number of carbonyl (C=O) groups is 2. The molecule has 0 saturated carbocycles. The van der Waals surface area contributed by atoms with Gasteiger partial charge in [-0.2, -0.15) is 0 Å². The Morgan fingerprint density at radius 2 is 0.932 bits per heavy atom. The predicted molar refractivity (Wildman–Crippen MR) is 255 cm³/mol. The smallest absolute Gasteiger partial charge is 0.306 e. The summed E-state index contributed by atoms with van der Waals surface area (Å²) >= 11 is 0. The second kappa shape index (κ2) is 46.6. The predicted octanol–water partition coefficient (Wildman–Crippen LogP) is 14.8. The zero-order chi connectivity index (χ0) is 43.1. The van der Waals surface area contributed by atoms with Gasteiger partial charge < -0.3 is 20.3 Å². The number of allylic oxidation sites excluding steroid dienone is 10. The van der Waals surface area contributed by atoms with Gasteiger partial charge in [0.05, 0.1) is 25.2 Å². The molecule has 0 aliphatic rings. The average Bonchev–Trinajstić information content (AvgIpc) is 3.23. The number of nitrogens with one attached hydrogen (secondary N) is 1. The minimum absolute atomic E-state index is 0.0427. The Kier molecular flexibility index (Phi) is 44.7. The summed E-state index contributed by atoms with van der Waals surface area (Å²) in [4.78, 5) is 26.1. The van der Waals surface area contributed by atoms with Gasteiger partial charge in [-0.3, -0.25) is 9.59 Å². The van der Waals surface area contributed by atoms with Gasteiger partial charge >= 0.3 is 5.97 Å². The van der Waals surface area contributed by atoms with Crippen LogP contribution >= 0.6 is 0 Å². The maximum absolute atomic E-state index is 13.2. The topological polar surface area (TPSA) is 95.9 Å². The van der Waals surface area contributed by atoms with Gasteiger partial charge in [-0.15, -0.1) is 0 Å². The van der Waals surface area contributed by atoms with E-state index in [2.05, 4.69) is 86.8 Å². The number of hydrogen-bond acceptors (Lipinski definition) is 5. The van der Waals surface area contributed by atoms with Crippen LogP contribution in [0, 0.1) is 0 Å². The van der Waals surface area contributed by atoms with Crippen molar-refractivity contribution in [3.63, 3.8) is 0 Å². The summed E-state index contributed by atoms with van der Waals surface area (Å²) in [5.41, 5.74) is 0. The van der Waals surface area contributed by atoms with Crippen LogP contribution in [0.4, 0.5) is 0 Å². The van der Waals surface area contributed by atoms with Crippen molar-refractivity contribution in [2.75, 3.05) is 6.61 Å². The Labute approximate surface area is 365 Å². The molecule has 0 rings (SSSR count). The first kappa shape index (κ1) is 56.6. The quantitative estimate of drug-likeness (QED) is 0.0323. The molecule has 3 unspecified atom stereocenters. The van der Waals surface area contributed by atoms with Crippen LogP contribution in [-0.2, 0) is 14.3 Å². The Balaban J connectivity index is 4.62. The molecule has 0 aliphatic carbocycles. The van der Waals surface area contributed by atoms with E-state index < -0.39 is 18.2 Å². The van der Waals surface area contributed by atoms with Crippen LogP contribution in [0.2, 0.25) is 0 Å². The van der Waals surface area contributed by atoms with Crippen molar-refractivity contribution in [3.05, 3.63) is 60.8 Å². The normalized spacial score (nSPS) is 13.8. The van der Waals surface area contributed by atoms with E-state index in [0.717, 1.165) is 89.9 Å². The lowest BCUT2D eigenvalue weighted by atomic mass is 10.0. The zero-order valence-corrected chi connectivity index (χ0v) is 38.9. The Hall–Kier alpha value is -2.44. The molecule has 3 N–H and O–H groups in total. The Morgan fingerprint density at radius 1 is 0.508 bits per heavy atom. The standard InChI is InChI=1S/C53H95NO5/c1-4-7-10-13-16-19-22-24-25-26-28-31-34-37-40-43-46-53(58)59-49(44-41-38-35-32-29-21-18-15-12-9-6-3)47-52(57)54-50(48-55)51(56)45-42-39-36-33-30-27-23-20-17-14-11-8-5-2/h7,10,16,19,24-25,28,31-32,35,49-51,55-56H,4-6,8-9,11-15,17-18,20-23,26-27,29-30,33-34,36-48H2,1-3H3,(H,54,57)/b10-7+,19-16+,25-24+,31-28+,35-32-. The van der Waals surface area contributed by atoms with Crippen LogP contribution in [0.5, 0.6) is 0 Å². The summed E-state index contributed by atoms with van der Waals surface area (Å²) < 4.78 is 5.89. The average molecular weight is 826 g/mol. The molecule has 0 radical (unpaired) electrons. The van der Waals surface area contributed by atoms with Gasteiger partial charge in [0, 0.05) is 6.42 Å². The van der Waals surface area contributed by atoms with Crippen molar-refractivity contribution >= 4 is 11.9 Å². The summed E-state index contributed by atoms with van der Waals surface area (Å²) in [6, 6.07) is -0.716. The summed E-state index contributed by atoms with van der Waals surface area (Å²) in [6.45, 7) is 6.34. The van der Waals surface area contributed by atoms with E-state index in [1.807, 2.05) is 0 Å². The number of unbranched alkanes of at least 4 members (excludes halogenated alkanes) is 22. The maximum atomic E-state index is 13.2. The summed E-state index contributed by atoms with van der Waals surface area (Å²) in [7, 11) is 0. The molecule has 6 heteroatoms. The Morgan fingerprint density at radius 3 is 1.44 bits per heavy atom. The minimum Gasteiger partial charge on any atom is -0.462 e. The number of aliphatic hydroxyl groups excluding tert-OH is 2. The van der Waals surface area contributed by atoms with Gasteiger partial charge in [0.2, 0.25) is 5.91 Å². The fourth-order valence-corrected chi connectivity index (χ4v) is 7.30. The van der Waals surface area contributed by atoms with Gasteiger partial charge in [-0.05, 0) is 83.5 Å². The minimum atomic E-state index is -0.800. The molecule has 0 saturated heterocycles. The van der Waals surface area contributed by atoms with Crippen LogP contribution in [0.15, 0.2) is 60.8 Å². The molecule has 0 aromatic rings. The van der Waals surface area contributed by atoms with Crippen LogP contribution in [-0.4, -0.2) is 46.9 Å². The summed E-state index contributed by atoms with van der Waals surface area (Å²) in [5.74, 6) is -0.540. The van der Waals surface area contributed by atoms with Crippen molar-refractivity contribution in [3.8, 4) is 0 Å². The molecule has 6 nitrogen and oxygen atoms in total. The highest BCUT2D eigenvalue weighted by atomic mass is 16.5. The highest BCUT2D eigenvalue weighted by Crippen LogP contribution is 2.17. The lowest BCUT2D eigenvalue weighted by Gasteiger charge is -2.24. The van der Waals surface area contributed by atoms with E-state index in [4.69, 9.17) is 4.74 Å². The molecule has 59 heavy (non-hydrogen) atoms. The van der Waals surface area contributed by atoms with Crippen molar-refractivity contribution in [2.45, 2.75) is 257 Å². The largest absolute Gasteiger partial charge is 0.462 e. The molecule has 342 valence electrons. The summed E-state index contributed by atoms with van der Waals surface area (Å²) in [6.07, 6.45) is 57.1. The Bertz CT molecular complexity index is 1060. The van der Waals surface area contributed by atoms with E-state index in [1.165, 1.54) is 103 Å². The van der Waals surface area contributed by atoms with E-state index >= 15 is 0 Å². The van der Waals surface area contributed by atoms with Crippen LogP contribution in [0.25, 0.3) is 0 Å². The van der Waals surface area contributed by atoms with Crippen molar-refractivity contribution in [1.29, 1.82) is 0 Å². The van der Waals surface area contributed by atoms with Gasteiger partial charge in [-0.1, -0.05) is 204 Å². The number of ether oxygens (including phenoxy) is 1. The number of rotatable bonds is 44. The second-order valence-electron chi connectivity index (χ2n) is 16.8. The van der Waals surface area contributed by atoms with Crippen LogP contribution < -0.4 is 5.32 Å². The molecule has 0 fully saturated rings. The molecular formula is C53H95NO5. The zero-order valence-electron chi connectivity index (χ0n) is 38.9. The molecular weight excluding hydrogens is 731 g/mol. The highest BCUT2D eigenvalue weighted by molar-refractivity contribution is 5.77. The third-order valence-corrected chi connectivity index (χ3v) is 11.1. The lowest BCUT2D eigenvalue weighted by Crippen LogP contribution is -2.46. The van der Waals surface area contributed by atoms with Crippen molar-refractivity contribution in [1.82, 2.24) is 5.32 Å². The number of amides is 1. The summed E-state index contributed by atoms with van der Waals surface area (Å²) in [5, 5.41) is 23.7. The fraction of sp³-hybridized carbons (Fsp3) is 0.774. The van der Waals surface area contributed by atoms with Crippen LogP contribution in [0.3, 0.4) is 0 Å². The number of esters is 1. The van der Waals surface area contributed by atoms with E-state index in [0.29, 0.717) is 19.3 Å². The molecule has 0 aliphatic heterocycles. The molecule has 1 amide bonds. The first-order valence-corrected chi connectivity index (χ1v) is 25.0. The monoisotopic (exact) mass is 826 g/mol. The van der Waals surface area contributed by atoms with Crippen molar-refractivity contribution in [2.24, 2.45) is 0 Å². The molecule has 3 atom stereocenters. The molecule has 0 aromatic heterocycles. The number of hydrogen-bond donors (Lipinski definition) is 3. The van der Waals surface area contributed by atoms with Crippen LogP contribution in [0.1, 0.15) is 239 Å². The van der Waals surface area contributed by atoms with E-state index in [9.17, 15) is 19.8 Å². The molecule has 0 heterocycles. The van der Waals surface area contributed by atoms with E-state index in [1.54, 1.807) is 0 Å². The van der Waals surface area contributed by atoms with E-state index in [-0.39, 0.29) is 24.9 Å². The first-order chi connectivity index (χ1) is 29.0. The van der Waals surface area contributed by atoms with Gasteiger partial charge in [0.1, 0.15) is 6.10 Å². The first-order valence-electron chi connectivity index (χ1n) is 25.0. The third kappa shape index (κ3) is 42.1. The highest BCUT2D eigenvalue weighted by Gasteiger charge is 2.24. The number of aliphatic hydroxyl groups is 2. The maximum Gasteiger partial charge on any atom is 0.306 e. The van der Waals surface area contributed by atoms with Gasteiger partial charge in [-0.25, -0.2) is 0 Å². The van der Waals surface area contributed by atoms with Gasteiger partial charge in [0.25, 0.3) is 0 Å². The van der Waals surface area contributed by atoms with Gasteiger partial charge in [0.15, 0.2) is 0 Å². The number of carbonyl (C=O) groups excluding carboxylic acids is 2. The third-order valence-electron chi connectivity index (χ3n) is 11.1.